The second-order valence-corrected chi connectivity index (χ2v) is 10.1. The van der Waals surface area contributed by atoms with Gasteiger partial charge in [0.15, 0.2) is 0 Å². The molecule has 5 rings (SSSR count). The van der Waals surface area contributed by atoms with E-state index in [2.05, 4.69) is 41.1 Å². The van der Waals surface area contributed by atoms with E-state index in [-0.39, 0.29) is 17.9 Å². The largest absolute Gasteiger partial charge is 0.273 e. The third kappa shape index (κ3) is 3.39. The van der Waals surface area contributed by atoms with Crippen LogP contribution >= 0.6 is 22.7 Å². The molecule has 1 amide bonds. The lowest BCUT2D eigenvalue weighted by atomic mass is 9.79. The van der Waals surface area contributed by atoms with Crippen LogP contribution in [0.5, 0.6) is 0 Å². The van der Waals surface area contributed by atoms with Crippen molar-refractivity contribution in [3.05, 3.63) is 50.4 Å². The number of thiophene rings is 2. The van der Waals surface area contributed by atoms with Crippen molar-refractivity contribution >= 4 is 40.4 Å². The van der Waals surface area contributed by atoms with Crippen molar-refractivity contribution in [3.63, 3.8) is 0 Å². The van der Waals surface area contributed by atoms with Crippen LogP contribution in [0.2, 0.25) is 0 Å². The van der Waals surface area contributed by atoms with Gasteiger partial charge in [-0.25, -0.2) is 5.01 Å². The number of amides is 1. The lowest BCUT2D eigenvalue weighted by Crippen LogP contribution is -2.36. The maximum absolute atomic E-state index is 13.5. The Labute approximate surface area is 174 Å². The number of hydrazone groups is 1. The molecule has 2 aromatic heterocycles. The van der Waals surface area contributed by atoms with Crippen LogP contribution < -0.4 is 0 Å². The number of carbonyl (C=O) groups excluding carboxylic acids is 1. The normalized spacial score (nSPS) is 27.1. The maximum Gasteiger partial charge on any atom is 0.246 e. The van der Waals surface area contributed by atoms with Crippen LogP contribution in [-0.4, -0.2) is 16.6 Å². The van der Waals surface area contributed by atoms with Gasteiger partial charge >= 0.3 is 0 Å². The van der Waals surface area contributed by atoms with Gasteiger partial charge in [0.1, 0.15) is 0 Å². The zero-order valence-electron chi connectivity index (χ0n) is 16.0. The Morgan fingerprint density at radius 3 is 2.61 bits per heavy atom. The fraction of sp³-hybridized carbons (Fsp3) is 0.478. The molecule has 3 nitrogen and oxygen atoms in total. The standard InChI is InChI=1S/C23H26N2OS2/c26-23(16-7-2-1-3-8-16)25-22(20-12-6-14-28-20)19-11-4-9-17(21(19)24-25)15-18-10-5-13-27-18/h5-6,10,12-16,19,22H,1-4,7-9,11H2/b17-15+/t19-,22-/m0/s1. The highest BCUT2D eigenvalue weighted by molar-refractivity contribution is 7.11. The summed E-state index contributed by atoms with van der Waals surface area (Å²) in [5.74, 6) is 0.757. The molecule has 3 heterocycles. The zero-order chi connectivity index (χ0) is 18.9. The number of hydrogen-bond acceptors (Lipinski definition) is 4. The van der Waals surface area contributed by atoms with Gasteiger partial charge in [-0.3, -0.25) is 4.79 Å². The third-order valence-corrected chi connectivity index (χ3v) is 8.14. The summed E-state index contributed by atoms with van der Waals surface area (Å²) in [5.41, 5.74) is 2.50. The van der Waals surface area contributed by atoms with Crippen LogP contribution in [0, 0.1) is 11.8 Å². The summed E-state index contributed by atoms with van der Waals surface area (Å²) in [6, 6.07) is 8.65. The Morgan fingerprint density at radius 2 is 1.86 bits per heavy atom. The molecule has 3 aliphatic rings. The molecular weight excluding hydrogens is 384 g/mol. The first kappa shape index (κ1) is 18.3. The molecule has 1 aliphatic heterocycles. The monoisotopic (exact) mass is 410 g/mol. The van der Waals surface area contributed by atoms with Crippen LogP contribution in [0.25, 0.3) is 6.08 Å². The van der Waals surface area contributed by atoms with Crippen molar-refractivity contribution in [2.75, 3.05) is 0 Å². The average Bonchev–Trinajstić information content (AvgIpc) is 3.48. The van der Waals surface area contributed by atoms with Gasteiger partial charge in [-0.05, 0) is 66.6 Å². The van der Waals surface area contributed by atoms with E-state index >= 15 is 0 Å². The van der Waals surface area contributed by atoms with E-state index in [1.807, 2.05) is 5.01 Å². The molecule has 28 heavy (non-hydrogen) atoms. The van der Waals surface area contributed by atoms with Gasteiger partial charge in [-0.15, -0.1) is 22.7 Å². The van der Waals surface area contributed by atoms with Gasteiger partial charge in [0.2, 0.25) is 5.91 Å². The van der Waals surface area contributed by atoms with Crippen molar-refractivity contribution < 1.29 is 4.79 Å². The van der Waals surface area contributed by atoms with Gasteiger partial charge in [0, 0.05) is 21.6 Å². The molecule has 146 valence electrons. The molecule has 2 fully saturated rings. The van der Waals surface area contributed by atoms with E-state index in [0.717, 1.165) is 25.7 Å². The number of fused-ring (bicyclic) bond motifs is 1. The average molecular weight is 411 g/mol. The van der Waals surface area contributed by atoms with Crippen molar-refractivity contribution in [1.29, 1.82) is 0 Å². The number of allylic oxidation sites excluding steroid dienone is 1. The van der Waals surface area contributed by atoms with Crippen LogP contribution in [0.15, 0.2) is 45.7 Å². The molecule has 2 aromatic rings. The maximum atomic E-state index is 13.5. The van der Waals surface area contributed by atoms with E-state index in [0.29, 0.717) is 5.92 Å². The number of nitrogens with zero attached hydrogens (tertiary/aromatic N) is 2. The van der Waals surface area contributed by atoms with E-state index in [1.54, 1.807) is 22.7 Å². The Hall–Kier alpha value is -1.72. The van der Waals surface area contributed by atoms with Gasteiger partial charge < -0.3 is 0 Å². The van der Waals surface area contributed by atoms with E-state index in [9.17, 15) is 4.79 Å². The van der Waals surface area contributed by atoms with Crippen molar-refractivity contribution in [2.45, 2.75) is 57.4 Å². The summed E-state index contributed by atoms with van der Waals surface area (Å²) >= 11 is 3.53. The highest BCUT2D eigenvalue weighted by atomic mass is 32.1. The molecule has 0 bridgehead atoms. The Bertz CT molecular complexity index is 876. The molecule has 5 heteroatoms. The summed E-state index contributed by atoms with van der Waals surface area (Å²) in [5, 5.41) is 11.2. The molecule has 0 spiro atoms. The van der Waals surface area contributed by atoms with Crippen LogP contribution in [0.4, 0.5) is 0 Å². The van der Waals surface area contributed by atoms with Crippen LogP contribution in [0.3, 0.4) is 0 Å². The van der Waals surface area contributed by atoms with Gasteiger partial charge in [0.25, 0.3) is 0 Å². The fourth-order valence-electron chi connectivity index (χ4n) is 5.00. The van der Waals surface area contributed by atoms with Crippen molar-refractivity contribution in [2.24, 2.45) is 16.9 Å². The summed E-state index contributed by atoms with van der Waals surface area (Å²) in [6.07, 6.45) is 11.3. The minimum atomic E-state index is 0.0939. The molecule has 0 radical (unpaired) electrons. The van der Waals surface area contributed by atoms with E-state index in [1.165, 1.54) is 46.7 Å². The molecule has 0 unspecified atom stereocenters. The lowest BCUT2D eigenvalue weighted by Gasteiger charge is -2.31. The van der Waals surface area contributed by atoms with Crippen LogP contribution in [0.1, 0.15) is 67.2 Å². The minimum absolute atomic E-state index is 0.0939. The van der Waals surface area contributed by atoms with Gasteiger partial charge in [-0.1, -0.05) is 31.4 Å². The molecule has 0 saturated heterocycles. The lowest BCUT2D eigenvalue weighted by molar-refractivity contribution is -0.139. The first-order valence-electron chi connectivity index (χ1n) is 10.5. The van der Waals surface area contributed by atoms with Gasteiger partial charge in [-0.2, -0.15) is 5.10 Å². The van der Waals surface area contributed by atoms with Gasteiger partial charge in [0.05, 0.1) is 11.8 Å². The highest BCUT2D eigenvalue weighted by Crippen LogP contribution is 2.46. The number of carbonyl (C=O) groups is 1. The Balaban J connectivity index is 1.51. The molecule has 2 atom stereocenters. The SMILES string of the molecule is O=C(C1CCCCC1)N1N=C2/C(=C/c3cccs3)CCC[C@@H]2[C@H]1c1cccs1. The van der Waals surface area contributed by atoms with E-state index in [4.69, 9.17) is 5.10 Å². The highest BCUT2D eigenvalue weighted by Gasteiger charge is 2.45. The molecule has 2 aliphatic carbocycles. The first-order valence-corrected chi connectivity index (χ1v) is 12.3. The molecule has 0 N–H and O–H groups in total. The summed E-state index contributed by atoms with van der Waals surface area (Å²) < 4.78 is 0. The quantitative estimate of drug-likeness (QED) is 0.567. The predicted molar refractivity (Wildman–Crippen MR) is 118 cm³/mol. The second-order valence-electron chi connectivity index (χ2n) is 8.15. The second kappa shape index (κ2) is 7.96. The van der Waals surface area contributed by atoms with Crippen molar-refractivity contribution in [3.8, 4) is 0 Å². The zero-order valence-corrected chi connectivity index (χ0v) is 17.7. The topological polar surface area (TPSA) is 32.7 Å². The number of rotatable bonds is 3. The van der Waals surface area contributed by atoms with Crippen LogP contribution in [-0.2, 0) is 4.79 Å². The van der Waals surface area contributed by atoms with Crippen molar-refractivity contribution in [1.82, 2.24) is 5.01 Å². The smallest absolute Gasteiger partial charge is 0.246 e. The molecule has 0 aromatic carbocycles. The fourth-order valence-corrected chi connectivity index (χ4v) is 6.56. The summed E-state index contributed by atoms with van der Waals surface area (Å²) in [7, 11) is 0. The summed E-state index contributed by atoms with van der Waals surface area (Å²) in [6.45, 7) is 0. The molecular formula is C23H26N2OS2. The van der Waals surface area contributed by atoms with E-state index < -0.39 is 0 Å². The number of hydrogen-bond donors (Lipinski definition) is 0. The first-order chi connectivity index (χ1) is 13.8. The molecule has 2 saturated carbocycles. The Morgan fingerprint density at radius 1 is 1.04 bits per heavy atom. The Kier molecular flexibility index (Phi) is 5.20. The minimum Gasteiger partial charge on any atom is -0.273 e. The summed E-state index contributed by atoms with van der Waals surface area (Å²) in [4.78, 5) is 16.0. The predicted octanol–water partition coefficient (Wildman–Crippen LogP) is 6.51. The third-order valence-electron chi connectivity index (χ3n) is 6.38.